The van der Waals surface area contributed by atoms with Crippen molar-refractivity contribution in [2.24, 2.45) is 0 Å². The number of aliphatic hydroxyl groups is 3. The van der Waals surface area contributed by atoms with Crippen LogP contribution in [0.15, 0.2) is 9.95 Å². The minimum absolute atomic E-state index is 0.0990. The van der Waals surface area contributed by atoms with Crippen molar-refractivity contribution in [3.63, 3.8) is 0 Å². The zero-order chi connectivity index (χ0) is 18.0. The molecule has 0 aromatic carbocycles. The fraction of sp³-hybridized carbons (Fsp3) is 0.615. The van der Waals surface area contributed by atoms with E-state index in [1.165, 1.54) is 14.0 Å². The van der Waals surface area contributed by atoms with Gasteiger partial charge in [0.15, 0.2) is 23.5 Å². The van der Waals surface area contributed by atoms with E-state index in [2.05, 4.69) is 15.3 Å². The molecule has 0 spiro atoms. The first-order valence-electron chi connectivity index (χ1n) is 6.98. The minimum Gasteiger partial charge on any atom is -0.387 e. The maximum atomic E-state index is 12.0. The molecule has 24 heavy (non-hydrogen) atoms. The van der Waals surface area contributed by atoms with Crippen LogP contribution in [-0.2, 0) is 9.47 Å². The Morgan fingerprint density at radius 2 is 2.00 bits per heavy atom. The van der Waals surface area contributed by atoms with Crippen LogP contribution in [-0.4, -0.2) is 75.3 Å². The molecule has 1 aliphatic heterocycles. The van der Waals surface area contributed by atoms with Gasteiger partial charge in [-0.1, -0.05) is 11.8 Å². The first kappa shape index (κ1) is 18.8. The Labute approximate surface area is 141 Å². The molecular formula is C13H19N3O7S. The standard InChI is InChI=1S/C13H19N3O7S/c1-4(17)5-9(15-13(24-3)16-10(5)21)14-11-7(19)6(18)8(20)12(22-2)23-11/h6-8,11-12,18-20H,1-3H3,(H2,14,15,16,21)/t6-,7+,8-,11+,12+/m0/s1. The zero-order valence-corrected chi connectivity index (χ0v) is 14.0. The van der Waals surface area contributed by atoms with E-state index in [4.69, 9.17) is 9.47 Å². The number of methoxy groups -OCH3 is 1. The summed E-state index contributed by atoms with van der Waals surface area (Å²) in [4.78, 5) is 30.3. The predicted molar refractivity (Wildman–Crippen MR) is 84.0 cm³/mol. The van der Waals surface area contributed by atoms with Crippen LogP contribution in [0.2, 0.25) is 0 Å². The van der Waals surface area contributed by atoms with Crippen molar-refractivity contribution in [2.75, 3.05) is 18.7 Å². The number of thioether (sulfide) groups is 1. The first-order valence-corrected chi connectivity index (χ1v) is 8.20. The van der Waals surface area contributed by atoms with Crippen LogP contribution in [0, 0.1) is 0 Å². The van der Waals surface area contributed by atoms with E-state index in [0.29, 0.717) is 0 Å². The number of carbonyl (C=O) groups is 1. The highest BCUT2D eigenvalue weighted by atomic mass is 32.2. The number of ether oxygens (including phenoxy) is 2. The minimum atomic E-state index is -1.55. The molecule has 10 nitrogen and oxygen atoms in total. The number of carbonyl (C=O) groups excluding carboxylic acids is 1. The van der Waals surface area contributed by atoms with Gasteiger partial charge in [0.1, 0.15) is 29.7 Å². The summed E-state index contributed by atoms with van der Waals surface area (Å²) in [5.41, 5.74) is -0.878. The van der Waals surface area contributed by atoms with Gasteiger partial charge in [-0.25, -0.2) is 4.98 Å². The van der Waals surface area contributed by atoms with Crippen LogP contribution in [0.3, 0.4) is 0 Å². The lowest BCUT2D eigenvalue weighted by Crippen LogP contribution is -2.60. The molecule has 0 amide bonds. The number of aliphatic hydroxyl groups excluding tert-OH is 3. The molecule has 1 aromatic rings. The Morgan fingerprint density at radius 1 is 1.33 bits per heavy atom. The van der Waals surface area contributed by atoms with E-state index in [1.807, 2.05) is 0 Å². The van der Waals surface area contributed by atoms with Crippen LogP contribution in [0.4, 0.5) is 5.82 Å². The summed E-state index contributed by atoms with van der Waals surface area (Å²) in [7, 11) is 1.26. The van der Waals surface area contributed by atoms with E-state index in [0.717, 1.165) is 11.8 Å². The lowest BCUT2D eigenvalue weighted by atomic mass is 10.0. The van der Waals surface area contributed by atoms with Crippen LogP contribution in [0.5, 0.6) is 0 Å². The van der Waals surface area contributed by atoms with Crippen LogP contribution in [0.25, 0.3) is 0 Å². The third-order valence-corrected chi connectivity index (χ3v) is 4.10. The zero-order valence-electron chi connectivity index (χ0n) is 13.2. The molecule has 0 saturated carbocycles. The number of Topliss-reactive ketones (excluding diaryl/α,β-unsaturated/α-hetero) is 1. The topological polar surface area (TPSA) is 154 Å². The molecule has 0 unspecified atom stereocenters. The molecule has 134 valence electrons. The molecule has 0 bridgehead atoms. The van der Waals surface area contributed by atoms with Gasteiger partial charge in [0, 0.05) is 7.11 Å². The first-order chi connectivity index (χ1) is 11.3. The quantitative estimate of drug-likeness (QED) is 0.238. The second-order valence-corrected chi connectivity index (χ2v) is 5.93. The van der Waals surface area contributed by atoms with Gasteiger partial charge in [-0.3, -0.25) is 9.59 Å². The van der Waals surface area contributed by atoms with Gasteiger partial charge in [-0.2, -0.15) is 0 Å². The van der Waals surface area contributed by atoms with E-state index >= 15 is 0 Å². The number of H-pyrrole nitrogens is 1. The lowest BCUT2D eigenvalue weighted by molar-refractivity contribution is -0.283. The number of aromatic nitrogens is 2. The third-order valence-electron chi connectivity index (χ3n) is 3.52. The highest BCUT2D eigenvalue weighted by Gasteiger charge is 2.44. The number of hydrogen-bond donors (Lipinski definition) is 5. The monoisotopic (exact) mass is 361 g/mol. The molecule has 11 heteroatoms. The van der Waals surface area contributed by atoms with E-state index in [9.17, 15) is 24.9 Å². The summed E-state index contributed by atoms with van der Waals surface area (Å²) in [6.07, 6.45) is -5.32. The van der Waals surface area contributed by atoms with Crippen LogP contribution >= 0.6 is 11.8 Å². The molecule has 2 heterocycles. The second-order valence-electron chi connectivity index (χ2n) is 5.13. The Kier molecular flexibility index (Phi) is 5.96. The van der Waals surface area contributed by atoms with Gasteiger partial charge < -0.3 is 35.1 Å². The van der Waals surface area contributed by atoms with Crippen molar-refractivity contribution < 1.29 is 29.6 Å². The molecule has 1 aromatic heterocycles. The van der Waals surface area contributed by atoms with Crippen LogP contribution < -0.4 is 10.9 Å². The van der Waals surface area contributed by atoms with Crippen molar-refractivity contribution in [3.05, 3.63) is 15.9 Å². The van der Waals surface area contributed by atoms with E-state index in [-0.39, 0.29) is 16.5 Å². The van der Waals surface area contributed by atoms with Crippen LogP contribution in [0.1, 0.15) is 17.3 Å². The number of nitrogens with zero attached hydrogens (tertiary/aromatic N) is 1. The number of ketones is 1. The number of aromatic amines is 1. The summed E-state index contributed by atoms with van der Waals surface area (Å²) >= 11 is 1.15. The smallest absolute Gasteiger partial charge is 0.264 e. The molecule has 5 N–H and O–H groups in total. The highest BCUT2D eigenvalue weighted by Crippen LogP contribution is 2.24. The molecule has 1 saturated heterocycles. The molecule has 2 rings (SSSR count). The largest absolute Gasteiger partial charge is 0.387 e. The average Bonchev–Trinajstić information content (AvgIpc) is 2.54. The summed E-state index contributed by atoms with van der Waals surface area (Å²) in [6, 6.07) is 0. The number of nitrogens with one attached hydrogen (secondary N) is 2. The SMILES string of the molecule is CO[C@@H]1O[C@@H](Nc2nc(SC)[nH]c(=O)c2C(C)=O)[C@H](O)[C@H](O)[C@@H]1O. The number of rotatable bonds is 5. The third kappa shape index (κ3) is 3.61. The van der Waals surface area contributed by atoms with E-state index < -0.39 is 42.2 Å². The Bertz CT molecular complexity index is 665. The second kappa shape index (κ2) is 7.59. The van der Waals surface area contributed by atoms with Crippen molar-refractivity contribution in [1.29, 1.82) is 0 Å². The Hall–Kier alpha value is -1.50. The van der Waals surface area contributed by atoms with Gasteiger partial charge >= 0.3 is 0 Å². The predicted octanol–water partition coefficient (Wildman–Crippen LogP) is -1.48. The Balaban J connectivity index is 2.37. The molecule has 5 atom stereocenters. The van der Waals surface area contributed by atoms with Crippen molar-refractivity contribution >= 4 is 23.4 Å². The fourth-order valence-corrected chi connectivity index (χ4v) is 2.65. The van der Waals surface area contributed by atoms with Crippen molar-refractivity contribution in [2.45, 2.75) is 42.9 Å². The molecule has 0 aliphatic carbocycles. The Morgan fingerprint density at radius 3 is 2.54 bits per heavy atom. The number of hydrogen-bond acceptors (Lipinski definition) is 10. The molecule has 1 aliphatic rings. The average molecular weight is 361 g/mol. The van der Waals surface area contributed by atoms with Gasteiger partial charge in [-0.05, 0) is 13.2 Å². The van der Waals surface area contributed by atoms with Crippen molar-refractivity contribution in [1.82, 2.24) is 9.97 Å². The summed E-state index contributed by atoms with van der Waals surface area (Å²) in [5, 5.41) is 32.5. The maximum Gasteiger partial charge on any atom is 0.264 e. The van der Waals surface area contributed by atoms with Gasteiger partial charge in [0.2, 0.25) is 0 Å². The van der Waals surface area contributed by atoms with Crippen molar-refractivity contribution in [3.8, 4) is 0 Å². The maximum absolute atomic E-state index is 12.0. The molecule has 0 radical (unpaired) electrons. The van der Waals surface area contributed by atoms with Gasteiger partial charge in [-0.15, -0.1) is 0 Å². The highest BCUT2D eigenvalue weighted by molar-refractivity contribution is 7.98. The molecule has 1 fully saturated rings. The number of anilines is 1. The van der Waals surface area contributed by atoms with Gasteiger partial charge in [0.05, 0.1) is 0 Å². The molecular weight excluding hydrogens is 342 g/mol. The summed E-state index contributed by atoms with van der Waals surface area (Å²) in [6.45, 7) is 1.20. The summed E-state index contributed by atoms with van der Waals surface area (Å²) < 4.78 is 10.2. The fourth-order valence-electron chi connectivity index (χ4n) is 2.28. The lowest BCUT2D eigenvalue weighted by Gasteiger charge is -2.40. The van der Waals surface area contributed by atoms with E-state index in [1.54, 1.807) is 6.26 Å². The normalized spacial score (nSPS) is 30.2. The van der Waals surface area contributed by atoms with Gasteiger partial charge in [0.25, 0.3) is 5.56 Å². The summed E-state index contributed by atoms with van der Waals surface area (Å²) in [5.74, 6) is -0.633.